The number of carbonyl (C=O) groups is 2. The Morgan fingerprint density at radius 3 is 2.19 bits per heavy atom. The average Bonchev–Trinajstić information content (AvgIpc) is 2.11. The first-order chi connectivity index (χ1) is 7.05. The molecule has 0 aromatic heterocycles. The van der Waals surface area contributed by atoms with Gasteiger partial charge in [-0.15, -0.1) is 12.4 Å². The highest BCUT2D eigenvalue weighted by molar-refractivity contribution is 5.92. The van der Waals surface area contributed by atoms with E-state index in [9.17, 15) is 9.59 Å². The highest BCUT2D eigenvalue weighted by atomic mass is 35.5. The highest BCUT2D eigenvalue weighted by Crippen LogP contribution is 2.15. The summed E-state index contributed by atoms with van der Waals surface area (Å²) in [6.45, 7) is 4.56. The molecule has 4 N–H and O–H groups in total. The lowest BCUT2D eigenvalue weighted by molar-refractivity contribution is -0.134. The predicted octanol–water partition coefficient (Wildman–Crippen LogP) is -0.0696. The number of hydrogen-bond acceptors (Lipinski definition) is 3. The molecule has 5 nitrogen and oxygen atoms in total. The Morgan fingerprint density at radius 2 is 1.94 bits per heavy atom. The molecule has 16 heavy (non-hydrogen) atoms. The van der Waals surface area contributed by atoms with E-state index in [2.05, 4.69) is 10.6 Å². The molecule has 0 saturated carbocycles. The lowest BCUT2D eigenvalue weighted by Gasteiger charge is -2.34. The number of hydrogen-bond donors (Lipinski definition) is 3. The second-order valence-corrected chi connectivity index (χ2v) is 3.94. The van der Waals surface area contributed by atoms with Gasteiger partial charge in [0.25, 0.3) is 0 Å². The Morgan fingerprint density at radius 1 is 1.44 bits per heavy atom. The molecular weight excluding hydrogens is 230 g/mol. The van der Waals surface area contributed by atoms with Crippen molar-refractivity contribution in [3.63, 3.8) is 0 Å². The molecule has 94 valence electrons. The summed E-state index contributed by atoms with van der Waals surface area (Å²) in [5.41, 5.74) is 4.45. The summed E-state index contributed by atoms with van der Waals surface area (Å²) in [6, 6.07) is -0.151. The van der Waals surface area contributed by atoms with Crippen LogP contribution in [0.1, 0.15) is 33.1 Å². The molecule has 1 aliphatic rings. The molecule has 2 amide bonds. The number of rotatable bonds is 5. The summed E-state index contributed by atoms with van der Waals surface area (Å²) >= 11 is 0. The Labute approximate surface area is 102 Å². The van der Waals surface area contributed by atoms with Gasteiger partial charge in [-0.05, 0) is 25.8 Å². The van der Waals surface area contributed by atoms with E-state index < -0.39 is 11.4 Å². The first-order valence-electron chi connectivity index (χ1n) is 5.41. The molecule has 0 aromatic rings. The van der Waals surface area contributed by atoms with Gasteiger partial charge < -0.3 is 16.4 Å². The van der Waals surface area contributed by atoms with Gasteiger partial charge in [0, 0.05) is 0 Å². The summed E-state index contributed by atoms with van der Waals surface area (Å²) in [5.74, 6) is -0.580. The SMILES string of the molecule is CCC(CC)(NC(=O)[C@H]1CCN1)C(N)=O.Cl. The third-order valence-corrected chi connectivity index (χ3v) is 3.18. The van der Waals surface area contributed by atoms with Gasteiger partial charge in [0.1, 0.15) is 5.54 Å². The topological polar surface area (TPSA) is 84.2 Å². The molecule has 6 heteroatoms. The highest BCUT2D eigenvalue weighted by Gasteiger charge is 2.37. The second kappa shape index (κ2) is 6.06. The van der Waals surface area contributed by atoms with E-state index >= 15 is 0 Å². The number of nitrogens with two attached hydrogens (primary N) is 1. The molecular formula is C10H20ClN3O2. The van der Waals surface area contributed by atoms with Crippen LogP contribution >= 0.6 is 12.4 Å². The Balaban J connectivity index is 0.00000225. The maximum Gasteiger partial charge on any atom is 0.243 e. The van der Waals surface area contributed by atoms with Crippen molar-refractivity contribution in [3.8, 4) is 0 Å². The largest absolute Gasteiger partial charge is 0.368 e. The van der Waals surface area contributed by atoms with Crippen molar-refractivity contribution in [2.45, 2.75) is 44.7 Å². The van der Waals surface area contributed by atoms with E-state index in [-0.39, 0.29) is 24.4 Å². The van der Waals surface area contributed by atoms with Crippen molar-refractivity contribution in [2.75, 3.05) is 6.54 Å². The van der Waals surface area contributed by atoms with Crippen LogP contribution in [0.4, 0.5) is 0 Å². The van der Waals surface area contributed by atoms with Gasteiger partial charge in [0.2, 0.25) is 11.8 Å². The number of primary amides is 1. The van der Waals surface area contributed by atoms with Crippen LogP contribution in [0.15, 0.2) is 0 Å². The number of halogens is 1. The van der Waals surface area contributed by atoms with Gasteiger partial charge in [-0.2, -0.15) is 0 Å². The molecule has 0 radical (unpaired) electrons. The van der Waals surface area contributed by atoms with Crippen molar-refractivity contribution in [1.29, 1.82) is 0 Å². The molecule has 1 atom stereocenters. The maximum atomic E-state index is 11.7. The van der Waals surface area contributed by atoms with E-state index in [4.69, 9.17) is 5.73 Å². The minimum Gasteiger partial charge on any atom is -0.368 e. The van der Waals surface area contributed by atoms with E-state index in [1.165, 1.54) is 0 Å². The second-order valence-electron chi connectivity index (χ2n) is 3.94. The number of carbonyl (C=O) groups excluding carboxylic acids is 2. The first kappa shape index (κ1) is 15.2. The van der Waals surface area contributed by atoms with Gasteiger partial charge in [0.05, 0.1) is 6.04 Å². The normalized spacial score (nSPS) is 19.2. The summed E-state index contributed by atoms with van der Waals surface area (Å²) in [5, 5.41) is 5.75. The minimum atomic E-state index is -0.881. The summed E-state index contributed by atoms with van der Waals surface area (Å²) in [4.78, 5) is 23.0. The molecule has 1 heterocycles. The van der Waals surface area contributed by atoms with Crippen molar-refractivity contribution < 1.29 is 9.59 Å². The molecule has 1 fully saturated rings. The van der Waals surface area contributed by atoms with Crippen LogP contribution in [-0.2, 0) is 9.59 Å². The van der Waals surface area contributed by atoms with Crippen molar-refractivity contribution in [2.24, 2.45) is 5.73 Å². The van der Waals surface area contributed by atoms with Gasteiger partial charge in [-0.1, -0.05) is 13.8 Å². The van der Waals surface area contributed by atoms with E-state index in [1.807, 2.05) is 13.8 Å². The zero-order valence-corrected chi connectivity index (χ0v) is 10.5. The third-order valence-electron chi connectivity index (χ3n) is 3.18. The van der Waals surface area contributed by atoms with Crippen molar-refractivity contribution in [1.82, 2.24) is 10.6 Å². The molecule has 1 aliphatic heterocycles. The van der Waals surface area contributed by atoms with Gasteiger partial charge in [-0.3, -0.25) is 9.59 Å². The fraction of sp³-hybridized carbons (Fsp3) is 0.800. The van der Waals surface area contributed by atoms with Gasteiger partial charge >= 0.3 is 0 Å². The quantitative estimate of drug-likeness (QED) is 0.638. The van der Waals surface area contributed by atoms with Crippen LogP contribution in [0, 0.1) is 0 Å². The summed E-state index contributed by atoms with van der Waals surface area (Å²) in [7, 11) is 0. The molecule has 0 aromatic carbocycles. The van der Waals surface area contributed by atoms with E-state index in [0.717, 1.165) is 13.0 Å². The number of nitrogens with one attached hydrogen (secondary N) is 2. The first-order valence-corrected chi connectivity index (χ1v) is 5.41. The predicted molar refractivity (Wildman–Crippen MR) is 64.3 cm³/mol. The molecule has 1 saturated heterocycles. The lowest BCUT2D eigenvalue weighted by atomic mass is 9.91. The Hall–Kier alpha value is -0.810. The molecule has 0 aliphatic carbocycles. The number of amides is 2. The summed E-state index contributed by atoms with van der Waals surface area (Å²) in [6.07, 6.45) is 1.88. The molecule has 0 spiro atoms. The van der Waals surface area contributed by atoms with Gasteiger partial charge in [-0.25, -0.2) is 0 Å². The van der Waals surface area contributed by atoms with Crippen molar-refractivity contribution >= 4 is 24.2 Å². The van der Waals surface area contributed by atoms with Crippen LogP contribution in [0.3, 0.4) is 0 Å². The van der Waals surface area contributed by atoms with E-state index in [0.29, 0.717) is 12.8 Å². The fourth-order valence-electron chi connectivity index (χ4n) is 1.67. The summed E-state index contributed by atoms with van der Waals surface area (Å²) < 4.78 is 0. The Kier molecular flexibility index (Phi) is 5.75. The van der Waals surface area contributed by atoms with Gasteiger partial charge in [0.15, 0.2) is 0 Å². The smallest absolute Gasteiger partial charge is 0.243 e. The van der Waals surface area contributed by atoms with Crippen LogP contribution < -0.4 is 16.4 Å². The minimum absolute atomic E-state index is 0. The monoisotopic (exact) mass is 249 g/mol. The lowest BCUT2D eigenvalue weighted by Crippen LogP contribution is -2.63. The van der Waals surface area contributed by atoms with Crippen LogP contribution in [0.25, 0.3) is 0 Å². The van der Waals surface area contributed by atoms with E-state index in [1.54, 1.807) is 0 Å². The molecule has 0 unspecified atom stereocenters. The maximum absolute atomic E-state index is 11.7. The molecule has 1 rings (SSSR count). The van der Waals surface area contributed by atoms with Crippen LogP contribution in [-0.4, -0.2) is 29.9 Å². The standard InChI is InChI=1S/C10H19N3O2.ClH/c1-3-10(4-2,9(11)15)13-8(14)7-5-6-12-7;/h7,12H,3-6H2,1-2H3,(H2,11,15)(H,13,14);1H/t7-;/m1./s1. The Bertz CT molecular complexity index is 263. The van der Waals surface area contributed by atoms with Crippen LogP contribution in [0.2, 0.25) is 0 Å². The molecule has 0 bridgehead atoms. The fourth-order valence-corrected chi connectivity index (χ4v) is 1.67. The zero-order valence-electron chi connectivity index (χ0n) is 9.71. The third kappa shape index (κ3) is 2.86. The zero-order chi connectivity index (χ0) is 11.5. The van der Waals surface area contributed by atoms with Crippen molar-refractivity contribution in [3.05, 3.63) is 0 Å². The average molecular weight is 250 g/mol. The van der Waals surface area contributed by atoms with Crippen LogP contribution in [0.5, 0.6) is 0 Å².